The van der Waals surface area contributed by atoms with Crippen LogP contribution in [0.25, 0.3) is 0 Å². The number of ether oxygens (including phenoxy) is 11. The van der Waals surface area contributed by atoms with Crippen LogP contribution in [-0.2, 0) is 56.9 Å². The molecule has 0 aliphatic carbocycles. The summed E-state index contributed by atoms with van der Waals surface area (Å²) in [6, 6.07) is 0. The quantitative estimate of drug-likeness (QED) is 0.0785. The molecule has 0 rings (SSSR count). The molecule has 0 saturated carbocycles. The molecule has 1 amide bonds. The molecule has 0 spiro atoms. The van der Waals surface area contributed by atoms with E-state index in [1.807, 2.05) is 27.7 Å². The average molecular weight is 642 g/mol. The van der Waals surface area contributed by atoms with Crippen molar-refractivity contribution < 1.29 is 61.7 Å². The van der Waals surface area contributed by atoms with Gasteiger partial charge in [0, 0.05) is 20.0 Å². The Morgan fingerprint density at radius 3 is 1.09 bits per heavy atom. The predicted octanol–water partition coefficient (Wildman–Crippen LogP) is 2.35. The van der Waals surface area contributed by atoms with E-state index in [9.17, 15) is 9.59 Å². The fourth-order valence-electron chi connectivity index (χ4n) is 2.98. The molecule has 0 heterocycles. The van der Waals surface area contributed by atoms with Crippen molar-refractivity contribution in [1.29, 1.82) is 0 Å². The van der Waals surface area contributed by atoms with Crippen molar-refractivity contribution in [1.82, 2.24) is 4.90 Å². The zero-order valence-electron chi connectivity index (χ0n) is 27.8. The first-order chi connectivity index (χ1) is 21.3. The third kappa shape index (κ3) is 33.3. The van der Waals surface area contributed by atoms with Crippen LogP contribution in [0.3, 0.4) is 0 Å². The van der Waals surface area contributed by atoms with Crippen LogP contribution in [0.15, 0.2) is 0 Å². The maximum atomic E-state index is 11.8. The Kier molecular flexibility index (Phi) is 30.2. The summed E-state index contributed by atoms with van der Waals surface area (Å²) in [5.41, 5.74) is -0.511. The Balaban J connectivity index is 3.17. The lowest BCUT2D eigenvalue weighted by Crippen LogP contribution is -2.36. The van der Waals surface area contributed by atoms with Crippen LogP contribution in [0.1, 0.15) is 40.5 Å². The van der Waals surface area contributed by atoms with E-state index in [0.29, 0.717) is 132 Å². The van der Waals surface area contributed by atoms with E-state index in [2.05, 4.69) is 0 Å². The number of hydrogen-bond acceptors (Lipinski definition) is 13. The van der Waals surface area contributed by atoms with Gasteiger partial charge in [0.1, 0.15) is 12.2 Å². The zero-order valence-corrected chi connectivity index (χ0v) is 27.8. The predicted molar refractivity (Wildman–Crippen MR) is 162 cm³/mol. The van der Waals surface area contributed by atoms with E-state index >= 15 is 0 Å². The molecule has 0 aromatic rings. The molecule has 0 radical (unpaired) electrons. The smallest absolute Gasteiger partial charge is 0.410 e. The summed E-state index contributed by atoms with van der Waals surface area (Å²) in [4.78, 5) is 24.5. The Morgan fingerprint density at radius 2 is 0.795 bits per heavy atom. The van der Waals surface area contributed by atoms with Crippen molar-refractivity contribution in [3.05, 3.63) is 0 Å². The van der Waals surface area contributed by atoms with Gasteiger partial charge in [0.25, 0.3) is 0 Å². The highest BCUT2D eigenvalue weighted by atomic mass is 16.6. The van der Waals surface area contributed by atoms with Crippen molar-refractivity contribution in [3.8, 4) is 0 Å². The fourth-order valence-corrected chi connectivity index (χ4v) is 2.98. The molecule has 0 saturated heterocycles. The lowest BCUT2D eigenvalue weighted by atomic mass is 10.2. The van der Waals surface area contributed by atoms with Gasteiger partial charge in [0.05, 0.1) is 119 Å². The summed E-state index contributed by atoms with van der Waals surface area (Å²) >= 11 is 0. The van der Waals surface area contributed by atoms with Crippen LogP contribution < -0.4 is 0 Å². The molecule has 0 bridgehead atoms. The van der Waals surface area contributed by atoms with E-state index in [1.165, 1.54) is 4.90 Å². The molecular formula is C30H59NO13. The van der Waals surface area contributed by atoms with Crippen molar-refractivity contribution in [2.45, 2.75) is 46.1 Å². The monoisotopic (exact) mass is 641 g/mol. The van der Waals surface area contributed by atoms with E-state index in [1.54, 1.807) is 7.05 Å². The van der Waals surface area contributed by atoms with Crippen LogP contribution >= 0.6 is 0 Å². The summed E-state index contributed by atoms with van der Waals surface area (Å²) in [5, 5.41) is 0. The second-order valence-corrected chi connectivity index (χ2v) is 10.4. The third-order valence-electron chi connectivity index (χ3n) is 5.20. The SMILES string of the molecule is CCCC(=O)OCCOCCOCCOCCOCCOCCOCCOCCOCCOCCN(C)C(=O)OC(C)(C)C. The number of rotatable bonds is 32. The topological polar surface area (TPSA) is 139 Å². The highest BCUT2D eigenvalue weighted by Gasteiger charge is 2.19. The molecule has 0 aromatic heterocycles. The minimum atomic E-state index is -0.511. The van der Waals surface area contributed by atoms with Crippen molar-refractivity contribution in [3.63, 3.8) is 0 Å². The molecule has 14 heteroatoms. The molecule has 14 nitrogen and oxygen atoms in total. The van der Waals surface area contributed by atoms with Crippen LogP contribution in [0.2, 0.25) is 0 Å². The Labute approximate surface area is 264 Å². The first kappa shape index (κ1) is 42.4. The molecule has 0 fully saturated rings. The Hall–Kier alpha value is -1.62. The summed E-state index contributed by atoms with van der Waals surface area (Å²) in [6.07, 6.45) is 0.855. The lowest BCUT2D eigenvalue weighted by Gasteiger charge is -2.24. The minimum Gasteiger partial charge on any atom is -0.463 e. The van der Waals surface area contributed by atoms with E-state index in [-0.39, 0.29) is 18.7 Å². The van der Waals surface area contributed by atoms with E-state index < -0.39 is 5.60 Å². The third-order valence-corrected chi connectivity index (χ3v) is 5.20. The van der Waals surface area contributed by atoms with Gasteiger partial charge in [-0.25, -0.2) is 4.79 Å². The van der Waals surface area contributed by atoms with Crippen molar-refractivity contribution in [2.75, 3.05) is 139 Å². The summed E-state index contributed by atoms with van der Waals surface area (Å²) in [5.74, 6) is -0.191. The second kappa shape index (κ2) is 31.4. The number of carbonyl (C=O) groups excluding carboxylic acids is 2. The van der Waals surface area contributed by atoms with Gasteiger partial charge in [-0.05, 0) is 27.2 Å². The highest BCUT2D eigenvalue weighted by Crippen LogP contribution is 2.08. The zero-order chi connectivity index (χ0) is 32.6. The van der Waals surface area contributed by atoms with Crippen LogP contribution in [0.4, 0.5) is 4.79 Å². The first-order valence-electron chi connectivity index (χ1n) is 15.6. The molecule has 262 valence electrons. The highest BCUT2D eigenvalue weighted by molar-refractivity contribution is 5.69. The largest absolute Gasteiger partial charge is 0.463 e. The van der Waals surface area contributed by atoms with Gasteiger partial charge in [-0.3, -0.25) is 4.79 Å². The van der Waals surface area contributed by atoms with Crippen LogP contribution in [0, 0.1) is 0 Å². The lowest BCUT2D eigenvalue weighted by molar-refractivity contribution is -0.145. The van der Waals surface area contributed by atoms with Gasteiger partial charge >= 0.3 is 12.1 Å². The van der Waals surface area contributed by atoms with E-state index in [4.69, 9.17) is 52.1 Å². The second-order valence-electron chi connectivity index (χ2n) is 10.4. The van der Waals surface area contributed by atoms with Gasteiger partial charge < -0.3 is 57.0 Å². The molecule has 0 N–H and O–H groups in total. The van der Waals surface area contributed by atoms with Crippen molar-refractivity contribution >= 4 is 12.1 Å². The van der Waals surface area contributed by atoms with Gasteiger partial charge in [0.2, 0.25) is 0 Å². The number of likely N-dealkylation sites (N-methyl/N-ethyl adjacent to an activating group) is 1. The molecule has 0 aliphatic heterocycles. The summed E-state index contributed by atoms with van der Waals surface area (Å²) < 4.78 is 59.2. The molecule has 0 aliphatic rings. The molecule has 44 heavy (non-hydrogen) atoms. The van der Waals surface area contributed by atoms with E-state index in [0.717, 1.165) is 6.42 Å². The molecule has 0 atom stereocenters. The van der Waals surface area contributed by atoms with Gasteiger partial charge in [-0.2, -0.15) is 0 Å². The average Bonchev–Trinajstić information content (AvgIpc) is 2.97. The van der Waals surface area contributed by atoms with Crippen LogP contribution in [0.5, 0.6) is 0 Å². The summed E-state index contributed by atoms with van der Waals surface area (Å²) in [7, 11) is 1.68. The maximum absolute atomic E-state index is 11.8. The van der Waals surface area contributed by atoms with Crippen molar-refractivity contribution in [2.24, 2.45) is 0 Å². The van der Waals surface area contributed by atoms with Crippen LogP contribution in [-0.4, -0.2) is 162 Å². The number of hydrogen-bond donors (Lipinski definition) is 0. The Morgan fingerprint density at radius 1 is 0.500 bits per heavy atom. The fraction of sp³-hybridized carbons (Fsp3) is 0.933. The van der Waals surface area contributed by atoms with Gasteiger partial charge in [0.15, 0.2) is 0 Å². The minimum absolute atomic E-state index is 0.191. The Bertz CT molecular complexity index is 649. The number of amides is 1. The molecule has 0 aromatic carbocycles. The first-order valence-corrected chi connectivity index (χ1v) is 15.6. The van der Waals surface area contributed by atoms with Gasteiger partial charge in [-0.1, -0.05) is 6.92 Å². The number of carbonyl (C=O) groups is 2. The standard InChI is InChI=1S/C30H59NO13/c1-6-7-28(32)43-27-26-42-25-24-41-23-22-40-21-20-39-19-18-38-17-16-37-15-14-36-13-12-35-11-10-34-9-8-31(5)29(33)44-30(2,3)4/h6-27H2,1-5H3. The normalized spacial score (nSPS) is 11.6. The molecular weight excluding hydrogens is 582 g/mol. The van der Waals surface area contributed by atoms with Gasteiger partial charge in [-0.15, -0.1) is 0 Å². The molecule has 0 unspecified atom stereocenters. The number of esters is 1. The number of nitrogens with zero attached hydrogens (tertiary/aromatic N) is 1. The summed E-state index contributed by atoms with van der Waals surface area (Å²) in [6.45, 7) is 16.5. The maximum Gasteiger partial charge on any atom is 0.410 e.